The molecule has 0 aromatic heterocycles. The van der Waals surface area contributed by atoms with Gasteiger partial charge in [0.15, 0.2) is 11.5 Å². The minimum absolute atomic E-state index is 0.0125. The average Bonchev–Trinajstić information content (AvgIpc) is 2.68. The number of nitrogens with one attached hydrogen (secondary N) is 2. The van der Waals surface area contributed by atoms with Crippen molar-refractivity contribution in [3.05, 3.63) is 46.4 Å². The Hall–Kier alpha value is -2.21. The van der Waals surface area contributed by atoms with E-state index in [0.29, 0.717) is 19.8 Å². The Bertz CT molecular complexity index is 776. The molecular formula is C22H29BrN2O3. The maximum atomic E-state index is 11.8. The standard InChI is InChI=1S/C22H29BrN2O3/c1-5-11-28-21-13-19(23)16(12-20(21)27-6-2)14-24-17-7-9-18(10-8-17)25-22(26)15(3)4/h7-10,12-13,15,24H,5-6,11,14H2,1-4H3,(H,25,26). The third-order valence-corrected chi connectivity index (χ3v) is 4.77. The fourth-order valence-corrected chi connectivity index (χ4v) is 2.92. The molecule has 2 aromatic carbocycles. The fourth-order valence-electron chi connectivity index (χ4n) is 2.46. The average molecular weight is 449 g/mol. The molecule has 0 aliphatic carbocycles. The maximum absolute atomic E-state index is 11.8. The Morgan fingerprint density at radius 3 is 2.29 bits per heavy atom. The normalized spacial score (nSPS) is 10.6. The summed E-state index contributed by atoms with van der Waals surface area (Å²) in [5.74, 6) is 1.48. The summed E-state index contributed by atoms with van der Waals surface area (Å²) < 4.78 is 12.5. The highest BCUT2D eigenvalue weighted by molar-refractivity contribution is 9.10. The van der Waals surface area contributed by atoms with Gasteiger partial charge in [-0.3, -0.25) is 4.79 Å². The van der Waals surface area contributed by atoms with Crippen molar-refractivity contribution in [1.29, 1.82) is 0 Å². The van der Waals surface area contributed by atoms with Crippen molar-refractivity contribution in [3.63, 3.8) is 0 Å². The number of halogens is 1. The van der Waals surface area contributed by atoms with Gasteiger partial charge in [-0.1, -0.05) is 36.7 Å². The molecule has 28 heavy (non-hydrogen) atoms. The second kappa shape index (κ2) is 11.0. The minimum atomic E-state index is -0.0426. The summed E-state index contributed by atoms with van der Waals surface area (Å²) in [5, 5.41) is 6.29. The van der Waals surface area contributed by atoms with Crippen molar-refractivity contribution in [3.8, 4) is 11.5 Å². The van der Waals surface area contributed by atoms with Crippen molar-refractivity contribution >= 4 is 33.2 Å². The van der Waals surface area contributed by atoms with E-state index in [1.807, 2.05) is 57.2 Å². The van der Waals surface area contributed by atoms with Crippen LogP contribution >= 0.6 is 15.9 Å². The van der Waals surface area contributed by atoms with Crippen molar-refractivity contribution in [1.82, 2.24) is 0 Å². The summed E-state index contributed by atoms with van der Waals surface area (Å²) in [4.78, 5) is 11.8. The summed E-state index contributed by atoms with van der Waals surface area (Å²) in [6.07, 6.45) is 0.945. The largest absolute Gasteiger partial charge is 0.490 e. The summed E-state index contributed by atoms with van der Waals surface area (Å²) in [6.45, 7) is 9.66. The van der Waals surface area contributed by atoms with Crippen LogP contribution in [0.4, 0.5) is 11.4 Å². The van der Waals surface area contributed by atoms with Gasteiger partial charge in [0.25, 0.3) is 0 Å². The van der Waals surface area contributed by atoms with E-state index in [2.05, 4.69) is 33.5 Å². The first-order chi connectivity index (χ1) is 13.4. The molecule has 0 spiro atoms. The molecule has 0 radical (unpaired) electrons. The smallest absolute Gasteiger partial charge is 0.226 e. The fraction of sp³-hybridized carbons (Fsp3) is 0.409. The van der Waals surface area contributed by atoms with E-state index >= 15 is 0 Å². The van der Waals surface area contributed by atoms with Crippen molar-refractivity contribution in [2.45, 2.75) is 40.7 Å². The minimum Gasteiger partial charge on any atom is -0.490 e. The van der Waals surface area contributed by atoms with Crippen LogP contribution in [0.3, 0.4) is 0 Å². The first kappa shape index (κ1) is 22.1. The molecule has 1 amide bonds. The maximum Gasteiger partial charge on any atom is 0.226 e. The highest BCUT2D eigenvalue weighted by Crippen LogP contribution is 2.34. The zero-order valence-electron chi connectivity index (χ0n) is 17.0. The third-order valence-electron chi connectivity index (χ3n) is 4.03. The second-order valence-corrected chi connectivity index (χ2v) is 7.60. The highest BCUT2D eigenvalue weighted by Gasteiger charge is 2.11. The first-order valence-corrected chi connectivity index (χ1v) is 10.5. The SMILES string of the molecule is CCCOc1cc(Br)c(CNc2ccc(NC(=O)C(C)C)cc2)cc1OCC. The number of hydrogen-bond donors (Lipinski definition) is 2. The molecule has 5 nitrogen and oxygen atoms in total. The summed E-state index contributed by atoms with van der Waals surface area (Å²) in [6, 6.07) is 11.7. The molecule has 0 fully saturated rings. The lowest BCUT2D eigenvalue weighted by molar-refractivity contribution is -0.118. The number of benzene rings is 2. The van der Waals surface area contributed by atoms with Gasteiger partial charge in [0, 0.05) is 28.3 Å². The molecule has 6 heteroatoms. The van der Waals surface area contributed by atoms with Crippen LogP contribution in [-0.4, -0.2) is 19.1 Å². The van der Waals surface area contributed by atoms with Crippen LogP contribution in [-0.2, 0) is 11.3 Å². The molecule has 0 saturated carbocycles. The predicted molar refractivity (Wildman–Crippen MR) is 118 cm³/mol. The molecule has 0 aliphatic heterocycles. The lowest BCUT2D eigenvalue weighted by Crippen LogP contribution is -2.17. The van der Waals surface area contributed by atoms with Gasteiger partial charge in [-0.25, -0.2) is 0 Å². The van der Waals surface area contributed by atoms with Gasteiger partial charge < -0.3 is 20.1 Å². The van der Waals surface area contributed by atoms with Crippen molar-refractivity contribution in [2.24, 2.45) is 5.92 Å². The van der Waals surface area contributed by atoms with E-state index in [0.717, 1.165) is 39.3 Å². The van der Waals surface area contributed by atoms with Crippen molar-refractivity contribution in [2.75, 3.05) is 23.8 Å². The molecule has 0 atom stereocenters. The van der Waals surface area contributed by atoms with Gasteiger partial charge in [0.2, 0.25) is 5.91 Å². The third kappa shape index (κ3) is 6.44. The Morgan fingerprint density at radius 2 is 1.68 bits per heavy atom. The number of carbonyl (C=O) groups excluding carboxylic acids is 1. The zero-order chi connectivity index (χ0) is 20.5. The molecule has 0 aliphatic rings. The quantitative estimate of drug-likeness (QED) is 0.478. The molecule has 2 rings (SSSR count). The monoisotopic (exact) mass is 448 g/mol. The van der Waals surface area contributed by atoms with E-state index in [-0.39, 0.29) is 11.8 Å². The van der Waals surface area contributed by atoms with Gasteiger partial charge in [-0.2, -0.15) is 0 Å². The van der Waals surface area contributed by atoms with Crippen LogP contribution in [0.1, 0.15) is 39.7 Å². The lowest BCUT2D eigenvalue weighted by atomic mass is 10.2. The molecule has 0 heterocycles. The van der Waals surface area contributed by atoms with E-state index in [1.54, 1.807) is 0 Å². The summed E-state index contributed by atoms with van der Waals surface area (Å²) >= 11 is 3.63. The van der Waals surface area contributed by atoms with Gasteiger partial charge in [-0.05, 0) is 55.3 Å². The number of rotatable bonds is 10. The van der Waals surface area contributed by atoms with Gasteiger partial charge in [-0.15, -0.1) is 0 Å². The van der Waals surface area contributed by atoms with E-state index in [4.69, 9.17) is 9.47 Å². The molecule has 2 N–H and O–H groups in total. The topological polar surface area (TPSA) is 59.6 Å². The molecule has 152 valence electrons. The lowest BCUT2D eigenvalue weighted by Gasteiger charge is -2.15. The van der Waals surface area contributed by atoms with E-state index in [1.165, 1.54) is 0 Å². The number of ether oxygens (including phenoxy) is 2. The van der Waals surface area contributed by atoms with Crippen LogP contribution < -0.4 is 20.1 Å². The van der Waals surface area contributed by atoms with Crippen LogP contribution in [0.2, 0.25) is 0 Å². The van der Waals surface area contributed by atoms with Gasteiger partial charge >= 0.3 is 0 Å². The number of anilines is 2. The van der Waals surface area contributed by atoms with Crippen LogP contribution in [0, 0.1) is 5.92 Å². The van der Waals surface area contributed by atoms with Crippen LogP contribution in [0.15, 0.2) is 40.9 Å². The molecule has 0 saturated heterocycles. The van der Waals surface area contributed by atoms with Gasteiger partial charge in [0.05, 0.1) is 13.2 Å². The molecule has 0 bridgehead atoms. The number of hydrogen-bond acceptors (Lipinski definition) is 4. The summed E-state index contributed by atoms with van der Waals surface area (Å²) in [5.41, 5.74) is 2.84. The van der Waals surface area contributed by atoms with Gasteiger partial charge in [0.1, 0.15) is 0 Å². The Morgan fingerprint density at radius 1 is 1.04 bits per heavy atom. The Balaban J connectivity index is 2.05. The molecular weight excluding hydrogens is 420 g/mol. The second-order valence-electron chi connectivity index (χ2n) is 6.75. The van der Waals surface area contributed by atoms with E-state index in [9.17, 15) is 4.79 Å². The highest BCUT2D eigenvalue weighted by atomic mass is 79.9. The zero-order valence-corrected chi connectivity index (χ0v) is 18.6. The Kier molecular flexibility index (Phi) is 8.64. The van der Waals surface area contributed by atoms with Crippen LogP contribution in [0.5, 0.6) is 11.5 Å². The summed E-state index contributed by atoms with van der Waals surface area (Å²) in [7, 11) is 0. The molecule has 2 aromatic rings. The number of amides is 1. The molecule has 0 unspecified atom stereocenters. The predicted octanol–water partition coefficient (Wildman–Crippen LogP) is 5.84. The van der Waals surface area contributed by atoms with Crippen molar-refractivity contribution < 1.29 is 14.3 Å². The van der Waals surface area contributed by atoms with E-state index < -0.39 is 0 Å². The first-order valence-electron chi connectivity index (χ1n) is 9.67. The Labute approximate surface area is 175 Å². The van der Waals surface area contributed by atoms with Crippen LogP contribution in [0.25, 0.3) is 0 Å². The number of carbonyl (C=O) groups is 1.